The average molecular weight is 161 g/mol. The van der Waals surface area contributed by atoms with E-state index in [2.05, 4.69) is 0 Å². The first-order valence-electron chi connectivity index (χ1n) is 2.65. The minimum absolute atomic E-state index is 0. The second-order valence-corrected chi connectivity index (χ2v) is 1.73. The van der Waals surface area contributed by atoms with Gasteiger partial charge in [0.25, 0.3) is 0 Å². The summed E-state index contributed by atoms with van der Waals surface area (Å²) in [5.74, 6) is -0.379. The topological polar surface area (TPSA) is 43.1 Å². The van der Waals surface area contributed by atoms with Crippen molar-refractivity contribution in [3.8, 4) is 0 Å². The predicted octanol–water partition coefficient (Wildman–Crippen LogP) is 0.137. The first kappa shape index (κ1) is 10.3. The van der Waals surface area contributed by atoms with Crippen molar-refractivity contribution in [2.24, 2.45) is 5.73 Å². The van der Waals surface area contributed by atoms with Crippen LogP contribution in [0.2, 0.25) is 0 Å². The Bertz CT molecular complexity index is 210. The van der Waals surface area contributed by atoms with Gasteiger partial charge in [-0.1, -0.05) is 18.2 Å². The predicted molar refractivity (Wildman–Crippen MR) is 42.1 cm³/mol. The maximum atomic E-state index is 10.4. The number of amides is 1. The molecule has 0 unspecified atom stereocenters. The molecule has 10 heavy (non-hydrogen) atoms. The van der Waals surface area contributed by atoms with E-state index in [-0.39, 0.29) is 57.3 Å². The van der Waals surface area contributed by atoms with Crippen LogP contribution in [-0.4, -0.2) is 57.3 Å². The molecule has 0 aliphatic rings. The summed E-state index contributed by atoms with van der Waals surface area (Å²) in [4.78, 5) is 10.4. The number of rotatable bonds is 1. The molecule has 2 nitrogen and oxygen atoms in total. The van der Waals surface area contributed by atoms with Gasteiger partial charge >= 0.3 is 51.4 Å². The molecule has 0 saturated carbocycles. The number of carbonyl (C=O) groups is 1. The van der Waals surface area contributed by atoms with E-state index in [1.54, 1.807) is 24.3 Å². The molecule has 0 atom stereocenters. The van der Waals surface area contributed by atoms with Crippen LogP contribution in [0.3, 0.4) is 0 Å². The average Bonchev–Trinajstić information content (AvgIpc) is 1.90. The minimum atomic E-state index is -0.379. The number of benzene rings is 1. The van der Waals surface area contributed by atoms with Crippen molar-refractivity contribution in [3.05, 3.63) is 35.9 Å². The van der Waals surface area contributed by atoms with E-state index in [1.807, 2.05) is 6.07 Å². The Morgan fingerprint density at radius 3 is 2.00 bits per heavy atom. The zero-order chi connectivity index (χ0) is 6.69. The van der Waals surface area contributed by atoms with E-state index in [0.717, 1.165) is 0 Å². The fourth-order valence-electron chi connectivity index (χ4n) is 0.602. The van der Waals surface area contributed by atoms with Crippen molar-refractivity contribution in [2.45, 2.75) is 0 Å². The molecule has 0 aliphatic carbocycles. The summed E-state index contributed by atoms with van der Waals surface area (Å²) in [6, 6.07) is 8.76. The number of primary amides is 1. The van der Waals surface area contributed by atoms with Gasteiger partial charge < -0.3 is 5.73 Å². The zero-order valence-electron chi connectivity index (χ0n) is 4.87. The molecule has 3 heteroatoms. The third-order valence-electron chi connectivity index (χ3n) is 1.06. The molecule has 1 aromatic carbocycles. The van der Waals surface area contributed by atoms with Crippen LogP contribution >= 0.6 is 0 Å². The molecule has 1 amide bonds. The van der Waals surface area contributed by atoms with Crippen LogP contribution in [0, 0.1) is 0 Å². The van der Waals surface area contributed by atoms with Gasteiger partial charge in [0.2, 0.25) is 5.91 Å². The molecule has 1 rings (SSSR count). The molecular weight excluding hydrogens is 153 g/mol. The van der Waals surface area contributed by atoms with Gasteiger partial charge in [0, 0.05) is 5.56 Å². The molecule has 0 aliphatic heterocycles. The van der Waals surface area contributed by atoms with Crippen molar-refractivity contribution in [1.29, 1.82) is 0 Å². The monoisotopic (exact) mass is 161 g/mol. The van der Waals surface area contributed by atoms with Gasteiger partial charge in [-0.05, 0) is 12.1 Å². The fourth-order valence-corrected chi connectivity index (χ4v) is 0.602. The Morgan fingerprint density at radius 1 is 1.20 bits per heavy atom. The molecule has 0 heterocycles. The Hall–Kier alpha value is 0.326. The summed E-state index contributed by atoms with van der Waals surface area (Å²) in [6.07, 6.45) is 0. The number of nitrogens with two attached hydrogens (primary N) is 1. The number of hydrogen-bond donors (Lipinski definition) is 1. The van der Waals surface area contributed by atoms with E-state index >= 15 is 0 Å². The van der Waals surface area contributed by atoms with Gasteiger partial charge in [0.1, 0.15) is 0 Å². The van der Waals surface area contributed by atoms with Crippen LogP contribution in [-0.2, 0) is 0 Å². The van der Waals surface area contributed by atoms with Gasteiger partial charge in [0.15, 0.2) is 0 Å². The Kier molecular flexibility index (Phi) is 5.20. The number of hydrogen-bond acceptors (Lipinski definition) is 1. The van der Waals surface area contributed by atoms with E-state index in [9.17, 15) is 4.79 Å². The zero-order valence-corrected chi connectivity index (χ0v) is 4.87. The quantitative estimate of drug-likeness (QED) is 0.585. The molecule has 0 bridgehead atoms. The number of carbonyl (C=O) groups excluding carboxylic acids is 1. The van der Waals surface area contributed by atoms with Crippen LogP contribution < -0.4 is 5.73 Å². The first-order valence-corrected chi connectivity index (χ1v) is 2.65. The van der Waals surface area contributed by atoms with Gasteiger partial charge in [-0.3, -0.25) is 4.79 Å². The van der Waals surface area contributed by atoms with Crippen LogP contribution in [0.15, 0.2) is 30.3 Å². The van der Waals surface area contributed by atoms with Crippen molar-refractivity contribution >= 4 is 57.3 Å². The SMILES string of the molecule is NC(=O)c1ccccc1.[KH]. The van der Waals surface area contributed by atoms with Crippen LogP contribution in [0.4, 0.5) is 0 Å². The van der Waals surface area contributed by atoms with E-state index in [0.29, 0.717) is 5.56 Å². The standard InChI is InChI=1S/C7H7NO.K.H/c8-7(9)6-4-2-1-3-5-6;;/h1-5H,(H2,8,9);;. The normalized spacial score (nSPS) is 8.00. The van der Waals surface area contributed by atoms with Gasteiger partial charge in [0.05, 0.1) is 0 Å². The summed E-state index contributed by atoms with van der Waals surface area (Å²) in [7, 11) is 0. The Balaban J connectivity index is 0.000000810. The molecule has 0 spiro atoms. The van der Waals surface area contributed by atoms with Gasteiger partial charge in [-0.2, -0.15) is 0 Å². The molecule has 1 aromatic rings. The summed E-state index contributed by atoms with van der Waals surface area (Å²) < 4.78 is 0. The third kappa shape index (κ3) is 2.94. The van der Waals surface area contributed by atoms with Crippen molar-refractivity contribution < 1.29 is 4.79 Å². The second kappa shape index (κ2) is 5.04. The third-order valence-corrected chi connectivity index (χ3v) is 1.06. The molecule has 0 radical (unpaired) electrons. The van der Waals surface area contributed by atoms with E-state index in [1.165, 1.54) is 0 Å². The Labute approximate surface area is 102 Å². The van der Waals surface area contributed by atoms with Crippen LogP contribution in [0.5, 0.6) is 0 Å². The fraction of sp³-hybridized carbons (Fsp3) is 0. The Morgan fingerprint density at radius 2 is 1.70 bits per heavy atom. The molecule has 0 fully saturated rings. The summed E-state index contributed by atoms with van der Waals surface area (Å²) in [6.45, 7) is 0. The van der Waals surface area contributed by atoms with Gasteiger partial charge in [-0.15, -0.1) is 0 Å². The van der Waals surface area contributed by atoms with Crippen LogP contribution in [0.25, 0.3) is 0 Å². The van der Waals surface area contributed by atoms with E-state index in [4.69, 9.17) is 5.73 Å². The maximum absolute atomic E-state index is 10.4. The molecule has 2 N–H and O–H groups in total. The first-order chi connectivity index (χ1) is 4.30. The van der Waals surface area contributed by atoms with Crippen molar-refractivity contribution in [2.75, 3.05) is 0 Å². The summed E-state index contributed by atoms with van der Waals surface area (Å²) in [5, 5.41) is 0. The van der Waals surface area contributed by atoms with Crippen molar-refractivity contribution in [3.63, 3.8) is 0 Å². The molecule has 0 saturated heterocycles. The summed E-state index contributed by atoms with van der Waals surface area (Å²) in [5.41, 5.74) is 5.53. The van der Waals surface area contributed by atoms with Crippen LogP contribution in [0.1, 0.15) is 10.4 Å². The summed E-state index contributed by atoms with van der Waals surface area (Å²) >= 11 is 0. The second-order valence-electron chi connectivity index (χ2n) is 1.73. The molecule has 48 valence electrons. The molecule has 0 aromatic heterocycles. The van der Waals surface area contributed by atoms with Crippen molar-refractivity contribution in [1.82, 2.24) is 0 Å². The molecular formula is C7H8KNO. The van der Waals surface area contributed by atoms with E-state index < -0.39 is 0 Å². The van der Waals surface area contributed by atoms with Gasteiger partial charge in [-0.25, -0.2) is 0 Å².